The van der Waals surface area contributed by atoms with Gasteiger partial charge in [0.05, 0.1) is 6.42 Å². The van der Waals surface area contributed by atoms with Crippen LogP contribution >= 0.6 is 0 Å². The lowest BCUT2D eigenvalue weighted by molar-refractivity contribution is -0.137. The van der Waals surface area contributed by atoms with E-state index in [2.05, 4.69) is 9.97 Å². The molecule has 0 radical (unpaired) electrons. The molecule has 0 saturated heterocycles. The Morgan fingerprint density at radius 2 is 2.27 bits per heavy atom. The normalized spacial score (nSPS) is 12.2. The number of aliphatic carboxylic acids is 1. The summed E-state index contributed by atoms with van der Waals surface area (Å²) in [5.41, 5.74) is 0.760. The van der Waals surface area contributed by atoms with Crippen LogP contribution in [0.25, 0.3) is 0 Å². The van der Waals surface area contributed by atoms with E-state index in [9.17, 15) is 4.79 Å². The Morgan fingerprint density at radius 3 is 2.80 bits per heavy atom. The predicted molar refractivity (Wildman–Crippen MR) is 57.0 cm³/mol. The molecule has 1 unspecified atom stereocenters. The number of carboxylic acids is 1. The zero-order valence-electron chi connectivity index (χ0n) is 9.14. The summed E-state index contributed by atoms with van der Waals surface area (Å²) >= 11 is 0. The highest BCUT2D eigenvalue weighted by molar-refractivity contribution is 5.67. The van der Waals surface area contributed by atoms with Crippen molar-refractivity contribution >= 4 is 11.9 Å². The number of carbonyl (C=O) groups is 1. The Kier molecular flexibility index (Phi) is 3.60. The number of aromatic nitrogens is 2. The van der Waals surface area contributed by atoms with Crippen LogP contribution in [0.4, 0.5) is 5.95 Å². The molecule has 1 rings (SSSR count). The Labute approximate surface area is 88.8 Å². The molecule has 5 heteroatoms. The van der Waals surface area contributed by atoms with Crippen molar-refractivity contribution < 1.29 is 9.90 Å². The van der Waals surface area contributed by atoms with Crippen LogP contribution < -0.4 is 4.90 Å². The molecule has 1 N–H and O–H groups in total. The molecular weight excluding hydrogens is 194 g/mol. The first-order chi connectivity index (χ1) is 7.00. The SMILES string of the molecule is CC(CC(=O)O)c1ccnc(N(C)C)n1. The molecule has 82 valence electrons. The first-order valence-electron chi connectivity index (χ1n) is 4.72. The van der Waals surface area contributed by atoms with Crippen molar-refractivity contribution in [2.45, 2.75) is 19.3 Å². The van der Waals surface area contributed by atoms with E-state index < -0.39 is 5.97 Å². The van der Waals surface area contributed by atoms with E-state index in [4.69, 9.17) is 5.11 Å². The van der Waals surface area contributed by atoms with Gasteiger partial charge in [0.1, 0.15) is 0 Å². The van der Waals surface area contributed by atoms with E-state index in [-0.39, 0.29) is 12.3 Å². The number of carboxylic acid groups (broad SMARTS) is 1. The molecule has 0 aliphatic rings. The number of anilines is 1. The third-order valence-corrected chi connectivity index (χ3v) is 2.05. The highest BCUT2D eigenvalue weighted by Crippen LogP contribution is 2.17. The summed E-state index contributed by atoms with van der Waals surface area (Å²) in [4.78, 5) is 20.7. The lowest BCUT2D eigenvalue weighted by Crippen LogP contribution is -2.14. The van der Waals surface area contributed by atoms with Gasteiger partial charge in [-0.15, -0.1) is 0 Å². The molecular formula is C10H15N3O2. The van der Waals surface area contributed by atoms with E-state index in [1.165, 1.54) is 0 Å². The summed E-state index contributed by atoms with van der Waals surface area (Å²) < 4.78 is 0. The minimum atomic E-state index is -0.812. The zero-order valence-corrected chi connectivity index (χ0v) is 9.14. The maximum absolute atomic E-state index is 10.5. The van der Waals surface area contributed by atoms with Crippen LogP contribution in [0.5, 0.6) is 0 Å². The fraction of sp³-hybridized carbons (Fsp3) is 0.500. The van der Waals surface area contributed by atoms with Gasteiger partial charge in [-0.1, -0.05) is 6.92 Å². The molecule has 5 nitrogen and oxygen atoms in total. The second kappa shape index (κ2) is 4.72. The molecule has 1 heterocycles. The highest BCUT2D eigenvalue weighted by atomic mass is 16.4. The van der Waals surface area contributed by atoms with Crippen LogP contribution in [0.15, 0.2) is 12.3 Å². The molecule has 0 bridgehead atoms. The fourth-order valence-electron chi connectivity index (χ4n) is 1.22. The standard InChI is InChI=1S/C10H15N3O2/c1-7(6-9(14)15)8-4-5-11-10(12-8)13(2)3/h4-5,7H,6H2,1-3H3,(H,14,15). The van der Waals surface area contributed by atoms with Crippen LogP contribution in [0, 0.1) is 0 Å². The van der Waals surface area contributed by atoms with Crippen molar-refractivity contribution in [2.24, 2.45) is 0 Å². The van der Waals surface area contributed by atoms with Gasteiger partial charge in [-0.2, -0.15) is 0 Å². The molecule has 0 spiro atoms. The third-order valence-electron chi connectivity index (χ3n) is 2.05. The summed E-state index contributed by atoms with van der Waals surface area (Å²) in [6.45, 7) is 1.84. The van der Waals surface area contributed by atoms with E-state index in [0.29, 0.717) is 5.95 Å². The van der Waals surface area contributed by atoms with Crippen LogP contribution in [-0.2, 0) is 4.79 Å². The number of rotatable bonds is 4. The summed E-state index contributed by atoms with van der Waals surface area (Å²) in [5.74, 6) is -0.304. The minimum Gasteiger partial charge on any atom is -0.481 e. The Balaban J connectivity index is 2.85. The Bertz CT molecular complexity index is 352. The van der Waals surface area contributed by atoms with E-state index in [1.807, 2.05) is 21.0 Å². The molecule has 1 aromatic heterocycles. The molecule has 0 fully saturated rings. The van der Waals surface area contributed by atoms with Crippen LogP contribution in [-0.4, -0.2) is 35.1 Å². The average Bonchev–Trinajstić information content (AvgIpc) is 2.17. The van der Waals surface area contributed by atoms with Gasteiger partial charge in [-0.25, -0.2) is 9.97 Å². The van der Waals surface area contributed by atoms with Crippen LogP contribution in [0.2, 0.25) is 0 Å². The topological polar surface area (TPSA) is 66.3 Å². The van der Waals surface area contributed by atoms with Crippen molar-refractivity contribution in [3.63, 3.8) is 0 Å². The number of nitrogens with zero attached hydrogens (tertiary/aromatic N) is 3. The molecule has 1 aromatic rings. The van der Waals surface area contributed by atoms with Crippen molar-refractivity contribution in [2.75, 3.05) is 19.0 Å². The highest BCUT2D eigenvalue weighted by Gasteiger charge is 2.12. The second-order valence-corrected chi connectivity index (χ2v) is 3.67. The minimum absolute atomic E-state index is 0.0872. The molecule has 1 atom stereocenters. The zero-order chi connectivity index (χ0) is 11.4. The first kappa shape index (κ1) is 11.4. The molecule has 0 aliphatic heterocycles. The van der Waals surface area contributed by atoms with Gasteiger partial charge in [0.15, 0.2) is 0 Å². The summed E-state index contributed by atoms with van der Waals surface area (Å²) in [7, 11) is 3.70. The maximum atomic E-state index is 10.5. The summed E-state index contributed by atoms with van der Waals surface area (Å²) in [6, 6.07) is 1.75. The summed E-state index contributed by atoms with van der Waals surface area (Å²) in [5, 5.41) is 8.67. The van der Waals surface area contributed by atoms with Gasteiger partial charge < -0.3 is 10.0 Å². The van der Waals surface area contributed by atoms with Gasteiger partial charge in [0, 0.05) is 31.9 Å². The van der Waals surface area contributed by atoms with Crippen LogP contribution in [0.3, 0.4) is 0 Å². The van der Waals surface area contributed by atoms with Gasteiger partial charge in [-0.05, 0) is 6.07 Å². The summed E-state index contributed by atoms with van der Waals surface area (Å²) in [6.07, 6.45) is 1.74. The third kappa shape index (κ3) is 3.19. The van der Waals surface area contributed by atoms with Crippen LogP contribution in [0.1, 0.15) is 25.0 Å². The maximum Gasteiger partial charge on any atom is 0.304 e. The Morgan fingerprint density at radius 1 is 1.60 bits per heavy atom. The lowest BCUT2D eigenvalue weighted by Gasteiger charge is -2.13. The van der Waals surface area contributed by atoms with Gasteiger partial charge in [0.25, 0.3) is 0 Å². The number of hydrogen-bond acceptors (Lipinski definition) is 4. The molecule has 0 saturated carbocycles. The van der Waals surface area contributed by atoms with Gasteiger partial charge >= 0.3 is 5.97 Å². The van der Waals surface area contributed by atoms with Crippen molar-refractivity contribution in [1.82, 2.24) is 9.97 Å². The Hall–Kier alpha value is -1.65. The van der Waals surface area contributed by atoms with E-state index in [0.717, 1.165) is 5.69 Å². The van der Waals surface area contributed by atoms with Crippen molar-refractivity contribution in [1.29, 1.82) is 0 Å². The van der Waals surface area contributed by atoms with Gasteiger partial charge in [-0.3, -0.25) is 4.79 Å². The largest absolute Gasteiger partial charge is 0.481 e. The second-order valence-electron chi connectivity index (χ2n) is 3.67. The van der Waals surface area contributed by atoms with Crippen molar-refractivity contribution in [3.8, 4) is 0 Å². The smallest absolute Gasteiger partial charge is 0.304 e. The fourth-order valence-corrected chi connectivity index (χ4v) is 1.22. The number of hydrogen-bond donors (Lipinski definition) is 1. The molecule has 15 heavy (non-hydrogen) atoms. The predicted octanol–water partition coefficient (Wildman–Crippen LogP) is 1.12. The van der Waals surface area contributed by atoms with Crippen molar-refractivity contribution in [3.05, 3.63) is 18.0 Å². The van der Waals surface area contributed by atoms with E-state index >= 15 is 0 Å². The van der Waals surface area contributed by atoms with E-state index in [1.54, 1.807) is 17.2 Å². The van der Waals surface area contributed by atoms with Gasteiger partial charge in [0.2, 0.25) is 5.95 Å². The molecule has 0 aliphatic carbocycles. The average molecular weight is 209 g/mol. The quantitative estimate of drug-likeness (QED) is 0.804. The first-order valence-corrected chi connectivity index (χ1v) is 4.72. The monoisotopic (exact) mass is 209 g/mol. The molecule has 0 amide bonds. The lowest BCUT2D eigenvalue weighted by atomic mass is 10.0. The molecule has 0 aromatic carbocycles.